The summed E-state index contributed by atoms with van der Waals surface area (Å²) in [6, 6.07) is 5.28. The van der Waals surface area contributed by atoms with Crippen molar-refractivity contribution in [2.24, 2.45) is 0 Å². The van der Waals surface area contributed by atoms with Gasteiger partial charge in [-0.15, -0.1) is 0 Å². The Labute approximate surface area is 130 Å². The van der Waals surface area contributed by atoms with Gasteiger partial charge in [0, 0.05) is 6.54 Å². The molecule has 1 aromatic heterocycles. The van der Waals surface area contributed by atoms with E-state index in [0.29, 0.717) is 17.2 Å². The van der Waals surface area contributed by atoms with Crippen molar-refractivity contribution < 1.29 is 17.9 Å². The Morgan fingerprint density at radius 1 is 1.38 bits per heavy atom. The summed E-state index contributed by atoms with van der Waals surface area (Å²) in [4.78, 5) is 3.91. The van der Waals surface area contributed by atoms with Crippen molar-refractivity contribution in [2.75, 3.05) is 6.79 Å². The zero-order valence-electron chi connectivity index (χ0n) is 10.9. The van der Waals surface area contributed by atoms with Gasteiger partial charge in [-0.1, -0.05) is 29.0 Å². The first-order chi connectivity index (χ1) is 9.95. The minimum Gasteiger partial charge on any atom is -0.454 e. The van der Waals surface area contributed by atoms with Crippen molar-refractivity contribution in [1.82, 2.24) is 9.71 Å². The molecule has 0 fully saturated rings. The summed E-state index contributed by atoms with van der Waals surface area (Å²) >= 11 is 6.67. The van der Waals surface area contributed by atoms with Gasteiger partial charge in [0.2, 0.25) is 6.79 Å². The SMILES string of the molecule is Cc1nc(Cl)sc1S(=O)(=O)NCc1ccc2c(c1)OCO2. The number of aryl methyl sites for hydroxylation is 1. The van der Waals surface area contributed by atoms with E-state index in [-0.39, 0.29) is 22.0 Å². The van der Waals surface area contributed by atoms with E-state index in [0.717, 1.165) is 16.9 Å². The lowest BCUT2D eigenvalue weighted by molar-refractivity contribution is 0.174. The Bertz CT molecular complexity index is 789. The predicted molar refractivity (Wildman–Crippen MR) is 78.5 cm³/mol. The van der Waals surface area contributed by atoms with Gasteiger partial charge >= 0.3 is 0 Å². The highest BCUT2D eigenvalue weighted by molar-refractivity contribution is 7.91. The Kier molecular flexibility index (Phi) is 3.78. The number of nitrogens with one attached hydrogen (secondary N) is 1. The van der Waals surface area contributed by atoms with E-state index in [2.05, 4.69) is 9.71 Å². The summed E-state index contributed by atoms with van der Waals surface area (Å²) in [5.41, 5.74) is 1.17. The third kappa shape index (κ3) is 2.98. The Hall–Kier alpha value is -1.35. The zero-order chi connectivity index (χ0) is 15.0. The average Bonchev–Trinajstić information content (AvgIpc) is 3.02. The van der Waals surface area contributed by atoms with Crippen molar-refractivity contribution in [3.8, 4) is 11.5 Å². The molecule has 3 rings (SSSR count). The molecule has 1 aromatic carbocycles. The smallest absolute Gasteiger partial charge is 0.252 e. The first-order valence-corrected chi connectivity index (χ1v) is 8.64. The van der Waals surface area contributed by atoms with Crippen molar-refractivity contribution in [1.29, 1.82) is 0 Å². The fourth-order valence-electron chi connectivity index (χ4n) is 1.89. The summed E-state index contributed by atoms with van der Waals surface area (Å²) in [5.74, 6) is 1.27. The third-order valence-corrected chi connectivity index (χ3v) is 6.15. The first kappa shape index (κ1) is 14.6. The molecule has 21 heavy (non-hydrogen) atoms. The Balaban J connectivity index is 1.76. The third-order valence-electron chi connectivity index (χ3n) is 2.88. The van der Waals surface area contributed by atoms with Crippen LogP contribution in [0.2, 0.25) is 4.47 Å². The number of halogens is 1. The maximum absolute atomic E-state index is 12.2. The van der Waals surface area contributed by atoms with Crippen LogP contribution in [-0.2, 0) is 16.6 Å². The second-order valence-corrected chi connectivity index (χ2v) is 7.90. The molecule has 6 nitrogen and oxygen atoms in total. The number of sulfonamides is 1. The van der Waals surface area contributed by atoms with E-state index in [1.807, 2.05) is 0 Å². The van der Waals surface area contributed by atoms with Gasteiger partial charge < -0.3 is 9.47 Å². The quantitative estimate of drug-likeness (QED) is 0.919. The van der Waals surface area contributed by atoms with Crippen LogP contribution >= 0.6 is 22.9 Å². The molecule has 0 radical (unpaired) electrons. The lowest BCUT2D eigenvalue weighted by Gasteiger charge is -2.06. The van der Waals surface area contributed by atoms with Gasteiger partial charge in [0.25, 0.3) is 10.0 Å². The fraction of sp³-hybridized carbons (Fsp3) is 0.250. The number of hydrogen-bond donors (Lipinski definition) is 1. The van der Waals surface area contributed by atoms with Crippen molar-refractivity contribution in [2.45, 2.75) is 17.7 Å². The van der Waals surface area contributed by atoms with Crippen LogP contribution in [0.3, 0.4) is 0 Å². The number of hydrogen-bond acceptors (Lipinski definition) is 6. The molecule has 0 amide bonds. The van der Waals surface area contributed by atoms with Gasteiger partial charge in [-0.2, -0.15) is 0 Å². The monoisotopic (exact) mass is 346 g/mol. The average molecular weight is 347 g/mol. The number of ether oxygens (including phenoxy) is 2. The van der Waals surface area contributed by atoms with Crippen LogP contribution < -0.4 is 14.2 Å². The number of rotatable bonds is 4. The Morgan fingerprint density at radius 3 is 2.86 bits per heavy atom. The molecule has 0 spiro atoms. The van der Waals surface area contributed by atoms with Gasteiger partial charge in [-0.05, 0) is 24.6 Å². The lowest BCUT2D eigenvalue weighted by Crippen LogP contribution is -2.23. The Morgan fingerprint density at radius 2 is 2.14 bits per heavy atom. The van der Waals surface area contributed by atoms with E-state index in [1.54, 1.807) is 25.1 Å². The number of nitrogens with zero attached hydrogens (tertiary/aromatic N) is 1. The molecule has 0 bridgehead atoms. The summed E-state index contributed by atoms with van der Waals surface area (Å²) in [5, 5.41) is 0. The van der Waals surface area contributed by atoms with Crippen LogP contribution in [-0.4, -0.2) is 20.2 Å². The summed E-state index contributed by atoms with van der Waals surface area (Å²) < 4.78 is 37.8. The van der Waals surface area contributed by atoms with Crippen LogP contribution in [0.25, 0.3) is 0 Å². The largest absolute Gasteiger partial charge is 0.454 e. The molecule has 1 aliphatic rings. The van der Waals surface area contributed by atoms with E-state index in [1.165, 1.54) is 0 Å². The molecule has 0 unspecified atom stereocenters. The highest BCUT2D eigenvalue weighted by Crippen LogP contribution is 2.32. The fourth-order valence-corrected chi connectivity index (χ4v) is 4.69. The van der Waals surface area contributed by atoms with Crippen LogP contribution in [0, 0.1) is 6.92 Å². The molecule has 0 atom stereocenters. The maximum Gasteiger partial charge on any atom is 0.252 e. The minimum atomic E-state index is -3.63. The molecular weight excluding hydrogens is 336 g/mol. The van der Waals surface area contributed by atoms with Crippen LogP contribution in [0.5, 0.6) is 11.5 Å². The molecule has 1 N–H and O–H groups in total. The van der Waals surface area contributed by atoms with Gasteiger partial charge in [0.05, 0.1) is 5.69 Å². The van der Waals surface area contributed by atoms with E-state index >= 15 is 0 Å². The molecular formula is C12H11ClN2O4S2. The normalized spacial score (nSPS) is 13.6. The van der Waals surface area contributed by atoms with Gasteiger partial charge in [0.15, 0.2) is 20.2 Å². The molecule has 0 aliphatic carbocycles. The van der Waals surface area contributed by atoms with Crippen LogP contribution in [0.1, 0.15) is 11.3 Å². The first-order valence-electron chi connectivity index (χ1n) is 5.97. The minimum absolute atomic E-state index is 0.133. The molecule has 2 heterocycles. The van der Waals surface area contributed by atoms with Crippen molar-refractivity contribution in [3.05, 3.63) is 33.9 Å². The second kappa shape index (κ2) is 5.45. The molecule has 1 aliphatic heterocycles. The standard InChI is InChI=1S/C12H11ClN2O4S2/c1-7-11(20-12(13)15-7)21(16,17)14-5-8-2-3-9-10(4-8)19-6-18-9/h2-4,14H,5-6H2,1H3. The number of aromatic nitrogens is 1. The van der Waals surface area contributed by atoms with Gasteiger partial charge in [0.1, 0.15) is 0 Å². The topological polar surface area (TPSA) is 77.5 Å². The summed E-state index contributed by atoms with van der Waals surface area (Å²) in [6.07, 6.45) is 0. The molecule has 0 saturated carbocycles. The van der Waals surface area contributed by atoms with E-state index in [9.17, 15) is 8.42 Å². The van der Waals surface area contributed by atoms with E-state index in [4.69, 9.17) is 21.1 Å². The molecule has 2 aromatic rings. The van der Waals surface area contributed by atoms with Crippen LogP contribution in [0.4, 0.5) is 0 Å². The molecule has 112 valence electrons. The number of thiazole rings is 1. The van der Waals surface area contributed by atoms with Gasteiger partial charge in [-0.3, -0.25) is 0 Å². The zero-order valence-corrected chi connectivity index (χ0v) is 13.3. The van der Waals surface area contributed by atoms with Crippen LogP contribution in [0.15, 0.2) is 22.4 Å². The number of benzene rings is 1. The summed E-state index contributed by atoms with van der Waals surface area (Å²) in [7, 11) is -3.63. The van der Waals surface area contributed by atoms with Crippen molar-refractivity contribution in [3.63, 3.8) is 0 Å². The highest BCUT2D eigenvalue weighted by atomic mass is 35.5. The summed E-state index contributed by atoms with van der Waals surface area (Å²) in [6.45, 7) is 1.94. The van der Waals surface area contributed by atoms with Gasteiger partial charge in [-0.25, -0.2) is 18.1 Å². The van der Waals surface area contributed by atoms with Crippen molar-refractivity contribution >= 4 is 33.0 Å². The molecule has 0 saturated heterocycles. The second-order valence-electron chi connectivity index (χ2n) is 4.35. The highest BCUT2D eigenvalue weighted by Gasteiger charge is 2.21. The number of fused-ring (bicyclic) bond motifs is 1. The molecule has 9 heteroatoms. The van der Waals surface area contributed by atoms with E-state index < -0.39 is 10.0 Å². The predicted octanol–water partition coefficient (Wildman–Crippen LogP) is 2.31. The lowest BCUT2D eigenvalue weighted by atomic mass is 10.2. The maximum atomic E-state index is 12.2.